The average molecular weight is 333 g/mol. The number of rotatable bonds is 7. The lowest BCUT2D eigenvalue weighted by molar-refractivity contribution is -0.384. The molecular weight excluding hydrogens is 314 g/mol. The highest BCUT2D eigenvalue weighted by molar-refractivity contribution is 5.89. The second-order valence-electron chi connectivity index (χ2n) is 6.07. The van der Waals surface area contributed by atoms with E-state index in [9.17, 15) is 19.7 Å². The van der Waals surface area contributed by atoms with Gasteiger partial charge >= 0.3 is 0 Å². The summed E-state index contributed by atoms with van der Waals surface area (Å²) in [6.45, 7) is 1.10. The minimum atomic E-state index is -0.474. The number of benzene rings is 1. The maximum Gasteiger partial charge on any atom is 0.269 e. The number of nitrogens with zero attached hydrogens (tertiary/aromatic N) is 2. The van der Waals surface area contributed by atoms with Crippen molar-refractivity contribution in [2.45, 2.75) is 25.3 Å². The van der Waals surface area contributed by atoms with E-state index in [0.717, 1.165) is 12.8 Å². The van der Waals surface area contributed by atoms with E-state index in [-0.39, 0.29) is 36.4 Å². The number of non-ortho nitro benzene ring substituents is 1. The first-order chi connectivity index (χ1) is 11.5. The Morgan fingerprint density at radius 3 is 2.67 bits per heavy atom. The van der Waals surface area contributed by atoms with Crippen molar-refractivity contribution in [3.63, 3.8) is 0 Å². The molecule has 2 aliphatic rings. The molecule has 0 aromatic heterocycles. The van der Waals surface area contributed by atoms with Crippen LogP contribution in [0.3, 0.4) is 0 Å². The average Bonchev–Trinajstić information content (AvgIpc) is 3.34. The molecule has 0 bridgehead atoms. The maximum atomic E-state index is 12.1. The second-order valence-corrected chi connectivity index (χ2v) is 6.07. The molecule has 1 heterocycles. The van der Waals surface area contributed by atoms with E-state index < -0.39 is 4.92 Å². The zero-order chi connectivity index (χ0) is 17.1. The van der Waals surface area contributed by atoms with Gasteiger partial charge in [0.2, 0.25) is 11.8 Å². The molecule has 1 atom stereocenters. The monoisotopic (exact) mass is 333 g/mol. The van der Waals surface area contributed by atoms with Crippen LogP contribution in [0.2, 0.25) is 0 Å². The number of nitrogens with one attached hydrogen (secondary N) is 1. The number of nitro groups is 1. The van der Waals surface area contributed by atoms with Crippen LogP contribution in [0.25, 0.3) is 0 Å². The van der Waals surface area contributed by atoms with Crippen molar-refractivity contribution < 1.29 is 19.2 Å². The van der Waals surface area contributed by atoms with Gasteiger partial charge in [-0.05, 0) is 25.0 Å². The van der Waals surface area contributed by atoms with E-state index in [0.29, 0.717) is 24.9 Å². The lowest BCUT2D eigenvalue weighted by Crippen LogP contribution is -2.35. The van der Waals surface area contributed by atoms with Crippen molar-refractivity contribution in [1.82, 2.24) is 10.2 Å². The van der Waals surface area contributed by atoms with Crippen LogP contribution in [-0.4, -0.2) is 47.4 Å². The van der Waals surface area contributed by atoms with Crippen LogP contribution < -0.4 is 10.1 Å². The number of hydrogen-bond donors (Lipinski definition) is 1. The number of amides is 2. The van der Waals surface area contributed by atoms with Crippen molar-refractivity contribution >= 4 is 17.5 Å². The minimum absolute atomic E-state index is 0.00164. The molecule has 1 aliphatic heterocycles. The Balaban J connectivity index is 1.38. The number of likely N-dealkylation sites (tertiary alicyclic amines) is 1. The number of nitro benzene ring substituents is 1. The highest BCUT2D eigenvalue weighted by Gasteiger charge is 2.41. The van der Waals surface area contributed by atoms with Crippen molar-refractivity contribution in [1.29, 1.82) is 0 Å². The standard InChI is InChI=1S/C16H19N3O5/c20-15-9-11(10-18(15)12-1-2-12)16(21)17-7-8-24-14-5-3-13(4-6-14)19(22)23/h3-6,11-12H,1-2,7-10H2,(H,17,21). The van der Waals surface area contributed by atoms with Crippen LogP contribution in [0, 0.1) is 16.0 Å². The molecule has 1 N–H and O–H groups in total. The maximum absolute atomic E-state index is 12.1. The largest absolute Gasteiger partial charge is 0.492 e. The summed E-state index contributed by atoms with van der Waals surface area (Å²) in [6, 6.07) is 6.11. The van der Waals surface area contributed by atoms with Gasteiger partial charge in [0, 0.05) is 31.1 Å². The van der Waals surface area contributed by atoms with Crippen LogP contribution in [0.5, 0.6) is 5.75 Å². The van der Waals surface area contributed by atoms with Gasteiger partial charge in [0.05, 0.1) is 17.4 Å². The predicted molar refractivity (Wildman–Crippen MR) is 84.4 cm³/mol. The Bertz CT molecular complexity index is 642. The Kier molecular flexibility index (Phi) is 4.64. The topological polar surface area (TPSA) is 102 Å². The number of carbonyl (C=O) groups excluding carboxylic acids is 2. The second kappa shape index (κ2) is 6.86. The highest BCUT2D eigenvalue weighted by atomic mass is 16.6. The zero-order valence-corrected chi connectivity index (χ0v) is 13.1. The Morgan fingerprint density at radius 2 is 2.04 bits per heavy atom. The first-order valence-electron chi connectivity index (χ1n) is 7.99. The Labute approximate surface area is 138 Å². The summed E-state index contributed by atoms with van der Waals surface area (Å²) >= 11 is 0. The van der Waals surface area contributed by atoms with Crippen molar-refractivity contribution in [2.75, 3.05) is 19.7 Å². The molecule has 2 fully saturated rings. The fourth-order valence-electron chi connectivity index (χ4n) is 2.80. The van der Waals surface area contributed by atoms with Gasteiger partial charge in [-0.1, -0.05) is 0 Å². The lowest BCUT2D eigenvalue weighted by atomic mass is 10.1. The number of hydrogen-bond acceptors (Lipinski definition) is 5. The Morgan fingerprint density at radius 1 is 1.33 bits per heavy atom. The first kappa shape index (κ1) is 16.2. The minimum Gasteiger partial charge on any atom is -0.492 e. The van der Waals surface area contributed by atoms with E-state index in [1.54, 1.807) is 0 Å². The third kappa shape index (κ3) is 3.81. The summed E-state index contributed by atoms with van der Waals surface area (Å²) in [4.78, 5) is 35.8. The van der Waals surface area contributed by atoms with Gasteiger partial charge in [-0.15, -0.1) is 0 Å². The fourth-order valence-corrected chi connectivity index (χ4v) is 2.80. The number of carbonyl (C=O) groups is 2. The normalized spacial score (nSPS) is 20.1. The van der Waals surface area contributed by atoms with Crippen LogP contribution >= 0.6 is 0 Å². The van der Waals surface area contributed by atoms with Gasteiger partial charge in [0.25, 0.3) is 5.69 Å². The summed E-state index contributed by atoms with van der Waals surface area (Å²) in [5.74, 6) is 0.168. The van der Waals surface area contributed by atoms with E-state index in [1.807, 2.05) is 4.90 Å². The molecule has 128 valence electrons. The van der Waals surface area contributed by atoms with Crippen LogP contribution in [0.1, 0.15) is 19.3 Å². The predicted octanol–water partition coefficient (Wildman–Crippen LogP) is 1.10. The molecule has 1 saturated heterocycles. The summed E-state index contributed by atoms with van der Waals surface area (Å²) in [6.07, 6.45) is 2.37. The highest BCUT2D eigenvalue weighted by Crippen LogP contribution is 2.32. The van der Waals surface area contributed by atoms with Gasteiger partial charge in [0.1, 0.15) is 12.4 Å². The summed E-state index contributed by atoms with van der Waals surface area (Å²) < 4.78 is 5.43. The van der Waals surface area contributed by atoms with Crippen molar-refractivity contribution in [3.8, 4) is 5.75 Å². The van der Waals surface area contributed by atoms with E-state index in [4.69, 9.17) is 4.74 Å². The summed E-state index contributed by atoms with van der Waals surface area (Å²) in [5.41, 5.74) is 0.00164. The SMILES string of the molecule is O=C(NCCOc1ccc([N+](=O)[O-])cc1)C1CC(=O)N(C2CC2)C1. The third-order valence-corrected chi connectivity index (χ3v) is 4.23. The summed E-state index contributed by atoms with van der Waals surface area (Å²) in [5, 5.41) is 13.3. The van der Waals surface area contributed by atoms with E-state index in [1.165, 1.54) is 24.3 Å². The third-order valence-electron chi connectivity index (χ3n) is 4.23. The molecule has 1 aromatic rings. The molecule has 2 amide bonds. The lowest BCUT2D eigenvalue weighted by Gasteiger charge is -2.15. The van der Waals surface area contributed by atoms with E-state index >= 15 is 0 Å². The molecule has 3 rings (SSSR count). The molecular formula is C16H19N3O5. The van der Waals surface area contributed by atoms with Crippen LogP contribution in [0.15, 0.2) is 24.3 Å². The zero-order valence-electron chi connectivity index (χ0n) is 13.1. The molecule has 8 heteroatoms. The van der Waals surface area contributed by atoms with Gasteiger partial charge in [-0.3, -0.25) is 19.7 Å². The van der Waals surface area contributed by atoms with Crippen molar-refractivity contribution in [2.24, 2.45) is 5.92 Å². The molecule has 0 radical (unpaired) electrons. The van der Waals surface area contributed by atoms with Gasteiger partial charge in [-0.25, -0.2) is 0 Å². The van der Waals surface area contributed by atoms with Gasteiger partial charge in [0.15, 0.2) is 0 Å². The first-order valence-corrected chi connectivity index (χ1v) is 7.99. The summed E-state index contributed by atoms with van der Waals surface area (Å²) in [7, 11) is 0. The number of ether oxygens (including phenoxy) is 1. The van der Waals surface area contributed by atoms with E-state index in [2.05, 4.69) is 5.32 Å². The smallest absolute Gasteiger partial charge is 0.269 e. The van der Waals surface area contributed by atoms with Gasteiger partial charge in [-0.2, -0.15) is 0 Å². The molecule has 0 spiro atoms. The molecule has 24 heavy (non-hydrogen) atoms. The Hall–Kier alpha value is -2.64. The van der Waals surface area contributed by atoms with Gasteiger partial charge < -0.3 is 15.0 Å². The fraction of sp³-hybridized carbons (Fsp3) is 0.500. The molecule has 1 saturated carbocycles. The molecule has 1 unspecified atom stereocenters. The molecule has 8 nitrogen and oxygen atoms in total. The van der Waals surface area contributed by atoms with Crippen LogP contribution in [-0.2, 0) is 9.59 Å². The van der Waals surface area contributed by atoms with Crippen LogP contribution in [0.4, 0.5) is 5.69 Å². The molecule has 1 aliphatic carbocycles. The van der Waals surface area contributed by atoms with Crippen molar-refractivity contribution in [3.05, 3.63) is 34.4 Å². The molecule has 1 aromatic carbocycles. The quantitative estimate of drug-likeness (QED) is 0.457.